The Morgan fingerprint density at radius 3 is 2.57 bits per heavy atom. The molecule has 0 unspecified atom stereocenters. The van der Waals surface area contributed by atoms with Gasteiger partial charge in [0.25, 0.3) is 5.91 Å². The second-order valence-electron chi connectivity index (χ2n) is 6.60. The maximum Gasteiger partial charge on any atom is 0.270 e. The zero-order chi connectivity index (χ0) is 20.1. The number of nitrogens with zero attached hydrogens (tertiary/aromatic N) is 1. The van der Waals surface area contributed by atoms with Crippen molar-refractivity contribution in [2.45, 2.75) is 25.2 Å². The van der Waals surface area contributed by atoms with E-state index in [0.29, 0.717) is 17.0 Å². The van der Waals surface area contributed by atoms with Gasteiger partial charge in [0.2, 0.25) is 0 Å². The molecular weight excluding hydrogens is 392 g/mol. The Bertz CT molecular complexity index is 1070. The van der Waals surface area contributed by atoms with Crippen molar-refractivity contribution >= 4 is 27.1 Å². The highest BCUT2D eigenvalue weighted by atomic mass is 32.2. The van der Waals surface area contributed by atoms with Crippen LogP contribution in [0.5, 0.6) is 0 Å². The molecule has 0 aliphatic carbocycles. The number of aromatic nitrogens is 1. The summed E-state index contributed by atoms with van der Waals surface area (Å²) in [5.74, 6) is -0.299. The standard InChI is InChI=1S/C21H22N2O3S2/c1-15-9-10-18(16(2)13-15)21-23-19(14-27-21)20(24)22-11-6-12-28(25,26)17-7-4-3-5-8-17/h3-5,7-10,13-14H,6,11-12H2,1-2H3,(H,22,24). The molecule has 0 aliphatic heterocycles. The molecule has 146 valence electrons. The highest BCUT2D eigenvalue weighted by molar-refractivity contribution is 7.91. The van der Waals surface area contributed by atoms with Crippen molar-refractivity contribution in [2.24, 2.45) is 0 Å². The third-order valence-electron chi connectivity index (χ3n) is 4.33. The van der Waals surface area contributed by atoms with Crippen molar-refractivity contribution in [1.82, 2.24) is 10.3 Å². The highest BCUT2D eigenvalue weighted by Crippen LogP contribution is 2.27. The zero-order valence-corrected chi connectivity index (χ0v) is 17.4. The van der Waals surface area contributed by atoms with Crippen molar-refractivity contribution in [1.29, 1.82) is 0 Å². The summed E-state index contributed by atoms with van der Waals surface area (Å²) in [6, 6.07) is 14.5. The van der Waals surface area contributed by atoms with Crippen LogP contribution in [0.1, 0.15) is 28.0 Å². The summed E-state index contributed by atoms with van der Waals surface area (Å²) in [5.41, 5.74) is 3.67. The quantitative estimate of drug-likeness (QED) is 0.593. The topological polar surface area (TPSA) is 76.1 Å². The maximum atomic E-state index is 12.3. The second-order valence-corrected chi connectivity index (χ2v) is 9.56. The van der Waals surface area contributed by atoms with Crippen LogP contribution in [0.25, 0.3) is 10.6 Å². The normalized spacial score (nSPS) is 11.4. The summed E-state index contributed by atoms with van der Waals surface area (Å²) in [6.07, 6.45) is 0.344. The Balaban J connectivity index is 1.55. The molecule has 2 aromatic carbocycles. The number of rotatable bonds is 7. The SMILES string of the molecule is Cc1ccc(-c2nc(C(=O)NCCCS(=O)(=O)c3ccccc3)cs2)c(C)c1. The lowest BCUT2D eigenvalue weighted by atomic mass is 10.1. The molecule has 1 N–H and O–H groups in total. The number of carbonyl (C=O) groups excluding carboxylic acids is 1. The Morgan fingerprint density at radius 2 is 1.86 bits per heavy atom. The molecule has 0 atom stereocenters. The molecule has 3 aromatic rings. The van der Waals surface area contributed by atoms with Gasteiger partial charge in [-0.15, -0.1) is 11.3 Å². The van der Waals surface area contributed by atoms with E-state index < -0.39 is 9.84 Å². The lowest BCUT2D eigenvalue weighted by Gasteiger charge is -2.05. The molecule has 0 fully saturated rings. The molecule has 0 spiro atoms. The van der Waals surface area contributed by atoms with E-state index in [4.69, 9.17) is 0 Å². The summed E-state index contributed by atoms with van der Waals surface area (Å²) >= 11 is 1.42. The molecule has 1 heterocycles. The number of benzene rings is 2. The van der Waals surface area contributed by atoms with Crippen LogP contribution >= 0.6 is 11.3 Å². The molecule has 0 saturated heterocycles. The molecule has 3 rings (SSSR count). The van der Waals surface area contributed by atoms with E-state index in [1.807, 2.05) is 26.0 Å². The first kappa shape index (κ1) is 20.2. The van der Waals surface area contributed by atoms with Crippen LogP contribution in [-0.4, -0.2) is 31.6 Å². The van der Waals surface area contributed by atoms with E-state index in [0.717, 1.165) is 16.1 Å². The third-order valence-corrected chi connectivity index (χ3v) is 7.02. The van der Waals surface area contributed by atoms with E-state index in [2.05, 4.69) is 16.4 Å². The first-order valence-electron chi connectivity index (χ1n) is 8.96. The average molecular weight is 415 g/mol. The van der Waals surface area contributed by atoms with Gasteiger partial charge in [0.15, 0.2) is 9.84 Å². The molecule has 28 heavy (non-hydrogen) atoms. The number of nitrogens with one attached hydrogen (secondary N) is 1. The Morgan fingerprint density at radius 1 is 1.11 bits per heavy atom. The van der Waals surface area contributed by atoms with Gasteiger partial charge in [-0.25, -0.2) is 13.4 Å². The molecule has 7 heteroatoms. The van der Waals surface area contributed by atoms with E-state index >= 15 is 0 Å². The smallest absolute Gasteiger partial charge is 0.270 e. The first-order valence-corrected chi connectivity index (χ1v) is 11.5. The molecule has 0 aliphatic rings. The Labute approximate surface area is 169 Å². The summed E-state index contributed by atoms with van der Waals surface area (Å²) in [4.78, 5) is 17.0. The van der Waals surface area contributed by atoms with Gasteiger partial charge < -0.3 is 5.32 Å². The van der Waals surface area contributed by atoms with E-state index in [9.17, 15) is 13.2 Å². The second kappa shape index (κ2) is 8.67. The number of sulfone groups is 1. The fourth-order valence-corrected chi connectivity index (χ4v) is 5.08. The van der Waals surface area contributed by atoms with Crippen LogP contribution in [0.4, 0.5) is 0 Å². The predicted molar refractivity (Wildman–Crippen MR) is 112 cm³/mol. The van der Waals surface area contributed by atoms with Crippen LogP contribution in [0.2, 0.25) is 0 Å². The maximum absolute atomic E-state index is 12.3. The number of hydrogen-bond donors (Lipinski definition) is 1. The molecule has 0 radical (unpaired) electrons. The van der Waals surface area contributed by atoms with Crippen molar-refractivity contribution in [3.63, 3.8) is 0 Å². The van der Waals surface area contributed by atoms with Crippen molar-refractivity contribution < 1.29 is 13.2 Å². The minimum absolute atomic E-state index is 0.0117. The summed E-state index contributed by atoms with van der Waals surface area (Å²) in [5, 5.41) is 5.28. The van der Waals surface area contributed by atoms with Gasteiger partial charge in [-0.3, -0.25) is 4.79 Å². The van der Waals surface area contributed by atoms with E-state index in [-0.39, 0.29) is 18.2 Å². The predicted octanol–water partition coefficient (Wildman–Crippen LogP) is 4.02. The van der Waals surface area contributed by atoms with Gasteiger partial charge in [0.05, 0.1) is 10.6 Å². The largest absolute Gasteiger partial charge is 0.351 e. The molecule has 1 amide bonds. The Hall–Kier alpha value is -2.51. The zero-order valence-electron chi connectivity index (χ0n) is 15.8. The third kappa shape index (κ3) is 4.85. The fourth-order valence-electron chi connectivity index (χ4n) is 2.86. The van der Waals surface area contributed by atoms with Crippen LogP contribution in [0.15, 0.2) is 58.8 Å². The molecule has 1 aromatic heterocycles. The Kier molecular flexibility index (Phi) is 6.26. The van der Waals surface area contributed by atoms with Gasteiger partial charge in [-0.05, 0) is 38.0 Å². The average Bonchev–Trinajstić information content (AvgIpc) is 3.16. The summed E-state index contributed by atoms with van der Waals surface area (Å²) < 4.78 is 24.5. The van der Waals surface area contributed by atoms with Gasteiger partial charge in [0, 0.05) is 17.5 Å². The van der Waals surface area contributed by atoms with Crippen molar-refractivity contribution in [2.75, 3.05) is 12.3 Å². The minimum atomic E-state index is -3.33. The fraction of sp³-hybridized carbons (Fsp3) is 0.238. The lowest BCUT2D eigenvalue weighted by molar-refractivity contribution is 0.0949. The van der Waals surface area contributed by atoms with Crippen LogP contribution < -0.4 is 5.32 Å². The van der Waals surface area contributed by atoms with Crippen molar-refractivity contribution in [3.8, 4) is 10.6 Å². The number of carbonyl (C=O) groups is 1. The molecule has 0 bridgehead atoms. The lowest BCUT2D eigenvalue weighted by Crippen LogP contribution is -2.26. The van der Waals surface area contributed by atoms with E-state index in [1.54, 1.807) is 35.7 Å². The van der Waals surface area contributed by atoms with E-state index in [1.165, 1.54) is 16.9 Å². The number of aryl methyl sites for hydroxylation is 2. The van der Waals surface area contributed by atoms with Gasteiger partial charge in [-0.2, -0.15) is 0 Å². The molecular formula is C21H22N2O3S2. The number of amides is 1. The van der Waals surface area contributed by atoms with Crippen molar-refractivity contribution in [3.05, 3.63) is 70.7 Å². The van der Waals surface area contributed by atoms with Gasteiger partial charge in [-0.1, -0.05) is 42.0 Å². The number of hydrogen-bond acceptors (Lipinski definition) is 5. The highest BCUT2D eigenvalue weighted by Gasteiger charge is 2.15. The molecule has 0 saturated carbocycles. The summed E-state index contributed by atoms with van der Waals surface area (Å²) in [6.45, 7) is 4.34. The molecule has 5 nitrogen and oxygen atoms in total. The monoisotopic (exact) mass is 414 g/mol. The van der Waals surface area contributed by atoms with Crippen LogP contribution in [0, 0.1) is 13.8 Å². The van der Waals surface area contributed by atoms with Crippen LogP contribution in [-0.2, 0) is 9.84 Å². The van der Waals surface area contributed by atoms with Crippen LogP contribution in [0.3, 0.4) is 0 Å². The minimum Gasteiger partial charge on any atom is -0.351 e. The first-order chi connectivity index (χ1) is 13.4. The van der Waals surface area contributed by atoms with Gasteiger partial charge >= 0.3 is 0 Å². The number of thiazole rings is 1. The van der Waals surface area contributed by atoms with Gasteiger partial charge in [0.1, 0.15) is 10.7 Å². The summed E-state index contributed by atoms with van der Waals surface area (Å²) in [7, 11) is -3.33.